The van der Waals surface area contributed by atoms with E-state index in [0.717, 1.165) is 6.54 Å². The number of aromatic nitrogens is 2. The Morgan fingerprint density at radius 3 is 2.65 bits per heavy atom. The number of benzene rings is 1. The molecule has 1 spiro atoms. The van der Waals surface area contributed by atoms with Crippen molar-refractivity contribution in [3.63, 3.8) is 0 Å². The van der Waals surface area contributed by atoms with Crippen LogP contribution in [-0.4, -0.2) is 53.5 Å². The normalized spacial score (nSPS) is 23.7. The van der Waals surface area contributed by atoms with Crippen molar-refractivity contribution in [1.82, 2.24) is 14.9 Å². The summed E-state index contributed by atoms with van der Waals surface area (Å²) >= 11 is 0. The van der Waals surface area contributed by atoms with Crippen molar-refractivity contribution in [2.75, 3.05) is 25.4 Å². The Labute approximate surface area is 154 Å². The van der Waals surface area contributed by atoms with Gasteiger partial charge in [0.15, 0.2) is 9.84 Å². The van der Waals surface area contributed by atoms with Crippen molar-refractivity contribution in [1.29, 1.82) is 0 Å². The van der Waals surface area contributed by atoms with E-state index in [-0.39, 0.29) is 11.7 Å². The zero-order valence-electron chi connectivity index (χ0n) is 14.8. The molecule has 6 nitrogen and oxygen atoms in total. The Balaban J connectivity index is 1.44. The van der Waals surface area contributed by atoms with Crippen LogP contribution in [0.4, 0.5) is 0 Å². The standard InChI is InChI=1S/C19H23N3O3S/c1-15-5-2-3-6-16(15)11-22-13-19(14-22)17(7-10-26(19,23)24)12-25-18-20-8-4-9-21-18/h2-6,8-9,17H,7,10-14H2,1H3/t17-/m0/s1. The third-order valence-corrected chi connectivity index (χ3v) is 8.30. The molecule has 0 saturated carbocycles. The van der Waals surface area contributed by atoms with Crippen LogP contribution in [0.5, 0.6) is 6.01 Å². The van der Waals surface area contributed by atoms with Crippen LogP contribution >= 0.6 is 0 Å². The molecule has 1 aromatic carbocycles. The summed E-state index contributed by atoms with van der Waals surface area (Å²) < 4.78 is 30.5. The van der Waals surface area contributed by atoms with E-state index in [0.29, 0.717) is 32.1 Å². The molecule has 0 bridgehead atoms. The second-order valence-electron chi connectivity index (χ2n) is 7.28. The molecule has 2 fully saturated rings. The lowest BCUT2D eigenvalue weighted by Gasteiger charge is -2.50. The van der Waals surface area contributed by atoms with Gasteiger partial charge < -0.3 is 4.74 Å². The van der Waals surface area contributed by atoms with Gasteiger partial charge in [0.1, 0.15) is 4.75 Å². The maximum atomic E-state index is 12.7. The molecule has 0 N–H and O–H groups in total. The van der Waals surface area contributed by atoms with Gasteiger partial charge in [-0.25, -0.2) is 18.4 Å². The van der Waals surface area contributed by atoms with Gasteiger partial charge in [0.25, 0.3) is 0 Å². The van der Waals surface area contributed by atoms with Crippen LogP contribution in [0.2, 0.25) is 0 Å². The second kappa shape index (κ2) is 6.63. The van der Waals surface area contributed by atoms with E-state index in [4.69, 9.17) is 4.74 Å². The minimum atomic E-state index is -3.10. The quantitative estimate of drug-likeness (QED) is 0.797. The summed E-state index contributed by atoms with van der Waals surface area (Å²) in [5.41, 5.74) is 2.49. The first kappa shape index (κ1) is 17.4. The molecule has 26 heavy (non-hydrogen) atoms. The van der Waals surface area contributed by atoms with E-state index in [9.17, 15) is 8.42 Å². The number of nitrogens with zero attached hydrogens (tertiary/aromatic N) is 3. The van der Waals surface area contributed by atoms with Crippen molar-refractivity contribution in [3.8, 4) is 6.01 Å². The zero-order valence-corrected chi connectivity index (χ0v) is 15.7. The van der Waals surface area contributed by atoms with E-state index in [2.05, 4.69) is 33.9 Å². The van der Waals surface area contributed by atoms with Gasteiger partial charge in [-0.2, -0.15) is 0 Å². The number of rotatable bonds is 5. The molecule has 2 aliphatic rings. The molecule has 0 unspecified atom stereocenters. The molecule has 138 valence electrons. The van der Waals surface area contributed by atoms with Gasteiger partial charge in [-0.05, 0) is 30.5 Å². The maximum Gasteiger partial charge on any atom is 0.316 e. The van der Waals surface area contributed by atoms with Crippen LogP contribution in [0.3, 0.4) is 0 Å². The van der Waals surface area contributed by atoms with Gasteiger partial charge in [-0.15, -0.1) is 0 Å². The number of ether oxygens (including phenoxy) is 1. The van der Waals surface area contributed by atoms with Gasteiger partial charge in [0.05, 0.1) is 12.4 Å². The highest BCUT2D eigenvalue weighted by atomic mass is 32.2. The molecule has 2 saturated heterocycles. The monoisotopic (exact) mass is 373 g/mol. The van der Waals surface area contributed by atoms with E-state index < -0.39 is 14.6 Å². The minimum Gasteiger partial charge on any atom is -0.463 e. The fraction of sp³-hybridized carbons (Fsp3) is 0.474. The lowest BCUT2D eigenvalue weighted by molar-refractivity contribution is 0.0571. The number of sulfone groups is 1. The van der Waals surface area contributed by atoms with Gasteiger partial charge >= 0.3 is 6.01 Å². The molecule has 0 aliphatic carbocycles. The molecule has 3 heterocycles. The molecule has 0 radical (unpaired) electrons. The third kappa shape index (κ3) is 2.99. The van der Waals surface area contributed by atoms with Gasteiger partial charge in [0, 0.05) is 37.9 Å². The minimum absolute atomic E-state index is 0.00979. The molecule has 1 aromatic heterocycles. The van der Waals surface area contributed by atoms with Crippen molar-refractivity contribution in [3.05, 3.63) is 53.9 Å². The molecular weight excluding hydrogens is 350 g/mol. The fourth-order valence-electron chi connectivity index (χ4n) is 4.09. The Morgan fingerprint density at radius 1 is 1.19 bits per heavy atom. The molecule has 0 amide bonds. The Kier molecular flexibility index (Phi) is 4.44. The Morgan fingerprint density at radius 2 is 1.92 bits per heavy atom. The number of aryl methyl sites for hydroxylation is 1. The van der Waals surface area contributed by atoms with E-state index in [1.54, 1.807) is 18.5 Å². The summed E-state index contributed by atoms with van der Waals surface area (Å²) in [7, 11) is -3.10. The van der Waals surface area contributed by atoms with Crippen LogP contribution in [0.25, 0.3) is 0 Å². The topological polar surface area (TPSA) is 72.4 Å². The van der Waals surface area contributed by atoms with E-state index in [1.165, 1.54) is 11.1 Å². The highest BCUT2D eigenvalue weighted by Gasteiger charge is 2.61. The molecule has 2 aliphatic heterocycles. The molecular formula is C19H23N3O3S. The van der Waals surface area contributed by atoms with Gasteiger partial charge in [-0.1, -0.05) is 24.3 Å². The van der Waals surface area contributed by atoms with Crippen LogP contribution < -0.4 is 4.74 Å². The van der Waals surface area contributed by atoms with Crippen LogP contribution in [-0.2, 0) is 16.4 Å². The summed E-state index contributed by atoms with van der Waals surface area (Å²) in [6.45, 7) is 4.38. The van der Waals surface area contributed by atoms with Crippen molar-refractivity contribution >= 4 is 9.84 Å². The third-order valence-electron chi connectivity index (χ3n) is 5.69. The van der Waals surface area contributed by atoms with Gasteiger partial charge in [0.2, 0.25) is 0 Å². The number of hydrogen-bond acceptors (Lipinski definition) is 6. The zero-order chi connectivity index (χ0) is 18.2. The summed E-state index contributed by atoms with van der Waals surface area (Å²) in [5.74, 6) is 0.235. The highest BCUT2D eigenvalue weighted by Crippen LogP contribution is 2.45. The van der Waals surface area contributed by atoms with Crippen LogP contribution in [0.15, 0.2) is 42.7 Å². The molecule has 7 heteroatoms. The predicted molar refractivity (Wildman–Crippen MR) is 98.6 cm³/mol. The SMILES string of the molecule is Cc1ccccc1CN1CC2(C1)[C@H](COc1ncccn1)CCS2(=O)=O. The average molecular weight is 373 g/mol. The fourth-order valence-corrected chi connectivity index (χ4v) is 6.55. The molecule has 4 rings (SSSR count). The van der Waals surface area contributed by atoms with Crippen molar-refractivity contribution in [2.24, 2.45) is 5.92 Å². The molecule has 1 atom stereocenters. The Bertz CT molecular complexity index is 880. The summed E-state index contributed by atoms with van der Waals surface area (Å²) in [5, 5.41) is 0. The maximum absolute atomic E-state index is 12.7. The first-order valence-electron chi connectivity index (χ1n) is 8.89. The van der Waals surface area contributed by atoms with Crippen molar-refractivity contribution in [2.45, 2.75) is 24.6 Å². The predicted octanol–water partition coefficient (Wildman–Crippen LogP) is 1.85. The summed E-state index contributed by atoms with van der Waals surface area (Å²) in [6, 6.07) is 10.3. The van der Waals surface area contributed by atoms with E-state index >= 15 is 0 Å². The van der Waals surface area contributed by atoms with Gasteiger partial charge in [-0.3, -0.25) is 4.90 Å². The number of likely N-dealkylation sites (tertiary alicyclic amines) is 1. The van der Waals surface area contributed by atoms with Crippen LogP contribution in [0.1, 0.15) is 17.5 Å². The largest absolute Gasteiger partial charge is 0.463 e. The van der Waals surface area contributed by atoms with Crippen molar-refractivity contribution < 1.29 is 13.2 Å². The lowest BCUT2D eigenvalue weighted by atomic mass is 9.83. The second-order valence-corrected chi connectivity index (χ2v) is 9.73. The summed E-state index contributed by atoms with van der Waals surface area (Å²) in [6.07, 6.45) is 3.89. The Hall–Kier alpha value is -1.99. The number of hydrogen-bond donors (Lipinski definition) is 0. The van der Waals surface area contributed by atoms with Crippen LogP contribution in [0, 0.1) is 12.8 Å². The first-order valence-corrected chi connectivity index (χ1v) is 10.5. The molecule has 2 aromatic rings. The summed E-state index contributed by atoms with van der Waals surface area (Å²) in [4.78, 5) is 10.3. The first-order chi connectivity index (χ1) is 12.5. The smallest absolute Gasteiger partial charge is 0.316 e. The lowest BCUT2D eigenvalue weighted by Crippen LogP contribution is -2.67. The highest BCUT2D eigenvalue weighted by molar-refractivity contribution is 7.93. The average Bonchev–Trinajstić information content (AvgIpc) is 2.87. The van der Waals surface area contributed by atoms with E-state index in [1.807, 2.05) is 12.1 Å².